The van der Waals surface area contributed by atoms with Crippen LogP contribution < -0.4 is 23.7 Å². The zero-order valence-corrected chi connectivity index (χ0v) is 15.3. The average molecular weight is 367 g/mol. The fraction of sp³-hybridized carbons (Fsp3) is 0.294. The van der Waals surface area contributed by atoms with Crippen molar-refractivity contribution in [2.24, 2.45) is 0 Å². The van der Waals surface area contributed by atoms with Gasteiger partial charge >= 0.3 is 0 Å². The van der Waals surface area contributed by atoms with Crippen molar-refractivity contribution in [2.75, 3.05) is 28.4 Å². The van der Waals surface area contributed by atoms with Gasteiger partial charge in [0.05, 0.1) is 34.0 Å². The van der Waals surface area contributed by atoms with E-state index in [1.54, 1.807) is 24.3 Å². The molecule has 0 radical (unpaired) electrons. The Morgan fingerprint density at radius 3 is 1.96 bits per heavy atom. The molecule has 2 rings (SSSR count). The molecule has 7 nitrogen and oxygen atoms in total. The van der Waals surface area contributed by atoms with Crippen molar-refractivity contribution in [3.8, 4) is 23.0 Å². The van der Waals surface area contributed by atoms with Crippen LogP contribution in [-0.2, 0) is 16.6 Å². The molecule has 2 aromatic rings. The lowest BCUT2D eigenvalue weighted by Gasteiger charge is -2.15. The second-order valence-electron chi connectivity index (χ2n) is 4.98. The fourth-order valence-electron chi connectivity index (χ4n) is 2.34. The number of nitrogens with one attached hydrogen (secondary N) is 1. The first-order chi connectivity index (χ1) is 12.0. The number of benzene rings is 2. The molecule has 8 heteroatoms. The molecule has 0 unspecified atom stereocenters. The van der Waals surface area contributed by atoms with E-state index in [0.29, 0.717) is 22.8 Å². The second-order valence-corrected chi connectivity index (χ2v) is 6.72. The minimum Gasteiger partial charge on any atom is -0.497 e. The minimum absolute atomic E-state index is 0.00408. The third-order valence-corrected chi connectivity index (χ3v) is 5.05. The predicted molar refractivity (Wildman–Crippen MR) is 93.1 cm³/mol. The first-order valence-corrected chi connectivity index (χ1v) is 8.86. The van der Waals surface area contributed by atoms with E-state index in [-0.39, 0.29) is 17.2 Å². The Balaban J connectivity index is 2.35. The van der Waals surface area contributed by atoms with E-state index in [1.165, 1.54) is 40.6 Å². The zero-order valence-electron chi connectivity index (χ0n) is 14.5. The lowest BCUT2D eigenvalue weighted by atomic mass is 10.2. The maximum Gasteiger partial charge on any atom is 0.244 e. The molecule has 0 saturated heterocycles. The normalized spacial score (nSPS) is 11.0. The standard InChI is InChI=1S/C17H21NO6S/c1-21-12-8-9-16(24-4)17(10-12)25(19,20)18-11-13-14(22-2)6-5-7-15(13)23-3/h5-10,18H,11H2,1-4H3. The molecule has 0 amide bonds. The topological polar surface area (TPSA) is 83.1 Å². The molecule has 0 aliphatic heterocycles. The van der Waals surface area contributed by atoms with Crippen molar-refractivity contribution < 1.29 is 27.4 Å². The van der Waals surface area contributed by atoms with Gasteiger partial charge in [-0.3, -0.25) is 0 Å². The van der Waals surface area contributed by atoms with Crippen LogP contribution in [0.1, 0.15) is 5.56 Å². The van der Waals surface area contributed by atoms with Crippen molar-refractivity contribution in [1.82, 2.24) is 4.72 Å². The van der Waals surface area contributed by atoms with Crippen molar-refractivity contribution in [3.63, 3.8) is 0 Å². The number of sulfonamides is 1. The predicted octanol–water partition coefficient (Wildman–Crippen LogP) is 2.20. The van der Waals surface area contributed by atoms with Crippen LogP contribution in [0.15, 0.2) is 41.3 Å². The van der Waals surface area contributed by atoms with Gasteiger partial charge in [-0.25, -0.2) is 13.1 Å². The third kappa shape index (κ3) is 4.15. The minimum atomic E-state index is -3.85. The SMILES string of the molecule is COc1ccc(OC)c(S(=O)(=O)NCc2c(OC)cccc2OC)c1. The summed E-state index contributed by atoms with van der Waals surface area (Å²) in [6, 6.07) is 9.80. The van der Waals surface area contributed by atoms with Crippen LogP contribution in [-0.4, -0.2) is 36.9 Å². The molecular formula is C17H21NO6S. The molecule has 25 heavy (non-hydrogen) atoms. The summed E-state index contributed by atoms with van der Waals surface area (Å²) in [4.78, 5) is -0.0109. The fourth-order valence-corrected chi connectivity index (χ4v) is 3.52. The van der Waals surface area contributed by atoms with Gasteiger partial charge in [-0.15, -0.1) is 0 Å². The van der Waals surface area contributed by atoms with Gasteiger partial charge < -0.3 is 18.9 Å². The number of rotatable bonds is 8. The van der Waals surface area contributed by atoms with Crippen LogP contribution in [0.2, 0.25) is 0 Å². The van der Waals surface area contributed by atoms with Crippen molar-refractivity contribution >= 4 is 10.0 Å². The van der Waals surface area contributed by atoms with Crippen LogP contribution in [0.5, 0.6) is 23.0 Å². The molecule has 0 saturated carbocycles. The summed E-state index contributed by atoms with van der Waals surface area (Å²) in [6.07, 6.45) is 0. The molecule has 0 bridgehead atoms. The second kappa shape index (κ2) is 8.09. The highest BCUT2D eigenvalue weighted by atomic mass is 32.2. The Hall–Kier alpha value is -2.45. The van der Waals surface area contributed by atoms with E-state index >= 15 is 0 Å². The van der Waals surface area contributed by atoms with Gasteiger partial charge in [-0.1, -0.05) is 6.07 Å². The van der Waals surface area contributed by atoms with E-state index in [9.17, 15) is 8.42 Å². The summed E-state index contributed by atoms with van der Waals surface area (Å²) in [5.74, 6) is 1.69. The summed E-state index contributed by atoms with van der Waals surface area (Å²) in [5.41, 5.74) is 0.595. The monoisotopic (exact) mass is 367 g/mol. The third-order valence-electron chi connectivity index (χ3n) is 3.63. The first kappa shape index (κ1) is 18.9. The lowest BCUT2D eigenvalue weighted by molar-refractivity contribution is 0.384. The molecule has 1 N–H and O–H groups in total. The van der Waals surface area contributed by atoms with Crippen molar-refractivity contribution in [2.45, 2.75) is 11.4 Å². The molecule has 0 fully saturated rings. The zero-order chi connectivity index (χ0) is 18.4. The highest BCUT2D eigenvalue weighted by Gasteiger charge is 2.22. The van der Waals surface area contributed by atoms with Gasteiger partial charge in [0.2, 0.25) is 10.0 Å². The largest absolute Gasteiger partial charge is 0.497 e. The van der Waals surface area contributed by atoms with E-state index in [2.05, 4.69) is 4.72 Å². The van der Waals surface area contributed by atoms with Crippen LogP contribution in [0.3, 0.4) is 0 Å². The number of ether oxygens (including phenoxy) is 4. The van der Waals surface area contributed by atoms with Crippen LogP contribution in [0.25, 0.3) is 0 Å². The summed E-state index contributed by atoms with van der Waals surface area (Å²) < 4.78 is 48.8. The van der Waals surface area contributed by atoms with Gasteiger partial charge in [0.25, 0.3) is 0 Å². The Labute approximate surface area is 147 Å². The summed E-state index contributed by atoms with van der Waals surface area (Å²) in [7, 11) is 2.04. The molecule has 0 heterocycles. The van der Waals surface area contributed by atoms with Gasteiger partial charge in [-0.05, 0) is 24.3 Å². The maximum atomic E-state index is 12.7. The molecule has 2 aromatic carbocycles. The smallest absolute Gasteiger partial charge is 0.244 e. The molecule has 0 atom stereocenters. The summed E-state index contributed by atoms with van der Waals surface area (Å²) >= 11 is 0. The van der Waals surface area contributed by atoms with Crippen LogP contribution in [0.4, 0.5) is 0 Å². The average Bonchev–Trinajstić information content (AvgIpc) is 2.65. The first-order valence-electron chi connectivity index (χ1n) is 7.38. The molecule has 136 valence electrons. The lowest BCUT2D eigenvalue weighted by Crippen LogP contribution is -2.24. The van der Waals surface area contributed by atoms with Crippen LogP contribution >= 0.6 is 0 Å². The van der Waals surface area contributed by atoms with Crippen LogP contribution in [0, 0.1) is 0 Å². The molecule has 0 aromatic heterocycles. The number of hydrogen-bond donors (Lipinski definition) is 1. The number of methoxy groups -OCH3 is 4. The Morgan fingerprint density at radius 2 is 1.44 bits per heavy atom. The van der Waals surface area contributed by atoms with E-state index in [4.69, 9.17) is 18.9 Å². The highest BCUT2D eigenvalue weighted by Crippen LogP contribution is 2.31. The van der Waals surface area contributed by atoms with E-state index < -0.39 is 10.0 Å². The number of hydrogen-bond acceptors (Lipinski definition) is 6. The van der Waals surface area contributed by atoms with Gasteiger partial charge in [-0.2, -0.15) is 0 Å². The molecule has 0 aliphatic rings. The van der Waals surface area contributed by atoms with Gasteiger partial charge in [0.1, 0.15) is 27.9 Å². The quantitative estimate of drug-likeness (QED) is 0.770. The van der Waals surface area contributed by atoms with Gasteiger partial charge in [0.15, 0.2) is 0 Å². The maximum absolute atomic E-state index is 12.7. The van der Waals surface area contributed by atoms with Crippen molar-refractivity contribution in [1.29, 1.82) is 0 Å². The molecule has 0 aliphatic carbocycles. The Bertz CT molecular complexity index is 813. The van der Waals surface area contributed by atoms with Gasteiger partial charge in [0, 0.05) is 12.6 Å². The van der Waals surface area contributed by atoms with E-state index in [1.807, 2.05) is 0 Å². The molecule has 0 spiro atoms. The van der Waals surface area contributed by atoms with Crippen molar-refractivity contribution in [3.05, 3.63) is 42.0 Å². The molecular weight excluding hydrogens is 346 g/mol. The highest BCUT2D eigenvalue weighted by molar-refractivity contribution is 7.89. The van der Waals surface area contributed by atoms with E-state index in [0.717, 1.165) is 0 Å². The summed E-state index contributed by atoms with van der Waals surface area (Å²) in [5, 5.41) is 0. The summed E-state index contributed by atoms with van der Waals surface area (Å²) in [6.45, 7) is -0.00408. The Kier molecular flexibility index (Phi) is 6.11. The Morgan fingerprint density at radius 1 is 0.840 bits per heavy atom.